The number of hydrogen-bond acceptors (Lipinski definition) is 2. The van der Waals surface area contributed by atoms with E-state index >= 15 is 0 Å². The Morgan fingerprint density at radius 3 is 0.948 bits per heavy atom. The predicted octanol–water partition coefficient (Wildman–Crippen LogP) is 15.3. The van der Waals surface area contributed by atoms with E-state index in [4.69, 9.17) is 0 Å². The molecule has 9 aromatic carbocycles. The highest BCUT2D eigenvalue weighted by atomic mass is 28.3. The molecule has 0 N–H and O–H groups in total. The molecule has 0 atom stereocenters. The third-order valence-corrected chi connectivity index (χ3v) is 13.1. The normalized spacial score (nSPS) is 11.4. The van der Waals surface area contributed by atoms with Crippen molar-refractivity contribution in [1.82, 2.24) is 0 Å². The molecular weight excluding hydrogens is 717 g/mol. The van der Waals surface area contributed by atoms with Crippen LogP contribution >= 0.6 is 0 Å². The van der Waals surface area contributed by atoms with E-state index in [1.165, 1.54) is 49.3 Å². The standard InChI is InChI=1S/C55H46N2Si/c1-58(2,3)55-38-36-54(37-39-55)57(50-16-8-5-9-17-50)52-32-26-45(27-33-52)43-20-18-42(19-21-43)44-24-30-51(31-25-44)56(49-14-6-4-7-15-49)53-34-28-46(29-35-53)48-23-22-41-12-10-11-13-47(41)40-48/h4-40H,1-3H3. The minimum atomic E-state index is -1.39. The van der Waals surface area contributed by atoms with E-state index in [9.17, 15) is 0 Å². The molecule has 0 saturated heterocycles. The minimum Gasteiger partial charge on any atom is -0.311 e. The van der Waals surface area contributed by atoms with Crippen molar-refractivity contribution in [2.24, 2.45) is 0 Å². The van der Waals surface area contributed by atoms with Crippen LogP contribution < -0.4 is 15.0 Å². The van der Waals surface area contributed by atoms with Crippen molar-refractivity contribution in [3.05, 3.63) is 224 Å². The summed E-state index contributed by atoms with van der Waals surface area (Å²) in [6, 6.07) is 81.3. The first-order valence-electron chi connectivity index (χ1n) is 20.1. The van der Waals surface area contributed by atoms with Gasteiger partial charge in [-0.25, -0.2) is 0 Å². The Kier molecular flexibility index (Phi) is 10.1. The third kappa shape index (κ3) is 7.73. The summed E-state index contributed by atoms with van der Waals surface area (Å²) < 4.78 is 0. The van der Waals surface area contributed by atoms with Gasteiger partial charge in [-0.15, -0.1) is 0 Å². The largest absolute Gasteiger partial charge is 0.311 e. The van der Waals surface area contributed by atoms with Crippen LogP contribution in [0.1, 0.15) is 0 Å². The number of fused-ring (bicyclic) bond motifs is 1. The van der Waals surface area contributed by atoms with Gasteiger partial charge in [-0.3, -0.25) is 0 Å². The van der Waals surface area contributed by atoms with Gasteiger partial charge in [0.15, 0.2) is 0 Å². The lowest BCUT2D eigenvalue weighted by Crippen LogP contribution is -2.37. The first-order valence-corrected chi connectivity index (χ1v) is 23.6. The molecule has 0 bridgehead atoms. The van der Waals surface area contributed by atoms with Crippen LogP contribution in [0.4, 0.5) is 34.1 Å². The molecule has 0 aliphatic carbocycles. The van der Waals surface area contributed by atoms with Gasteiger partial charge in [0.25, 0.3) is 0 Å². The van der Waals surface area contributed by atoms with E-state index in [0.717, 1.165) is 34.1 Å². The molecule has 0 fully saturated rings. The average Bonchev–Trinajstić information content (AvgIpc) is 3.28. The van der Waals surface area contributed by atoms with E-state index < -0.39 is 8.07 Å². The second-order valence-electron chi connectivity index (χ2n) is 15.9. The molecule has 9 rings (SSSR count). The van der Waals surface area contributed by atoms with E-state index in [2.05, 4.69) is 254 Å². The Hall–Kier alpha value is -6.94. The summed E-state index contributed by atoms with van der Waals surface area (Å²) in [6.07, 6.45) is 0. The van der Waals surface area contributed by atoms with E-state index in [0.29, 0.717) is 0 Å². The highest BCUT2D eigenvalue weighted by molar-refractivity contribution is 6.88. The van der Waals surface area contributed by atoms with Gasteiger partial charge in [-0.05, 0) is 123 Å². The Morgan fingerprint density at radius 1 is 0.259 bits per heavy atom. The summed E-state index contributed by atoms with van der Waals surface area (Å²) in [5, 5.41) is 3.98. The van der Waals surface area contributed by atoms with Crippen molar-refractivity contribution in [2.75, 3.05) is 9.80 Å². The molecular formula is C55H46N2Si. The van der Waals surface area contributed by atoms with Gasteiger partial charge < -0.3 is 9.80 Å². The smallest absolute Gasteiger partial charge is 0.0775 e. The number of para-hydroxylation sites is 2. The second kappa shape index (κ2) is 15.9. The van der Waals surface area contributed by atoms with Gasteiger partial charge in [0.2, 0.25) is 0 Å². The quantitative estimate of drug-likeness (QED) is 0.128. The number of rotatable bonds is 10. The van der Waals surface area contributed by atoms with Crippen LogP contribution in [-0.4, -0.2) is 8.07 Å². The molecule has 0 unspecified atom stereocenters. The van der Waals surface area contributed by atoms with Crippen LogP contribution in [0.3, 0.4) is 0 Å². The maximum atomic E-state index is 2.40. The van der Waals surface area contributed by atoms with E-state index in [1.807, 2.05) is 0 Å². The molecule has 0 aliphatic heterocycles. The lowest BCUT2D eigenvalue weighted by Gasteiger charge is -2.26. The zero-order valence-corrected chi connectivity index (χ0v) is 34.3. The lowest BCUT2D eigenvalue weighted by atomic mass is 9.99. The Bertz CT molecular complexity index is 2750. The lowest BCUT2D eigenvalue weighted by molar-refractivity contribution is 1.28. The van der Waals surface area contributed by atoms with Gasteiger partial charge in [-0.2, -0.15) is 0 Å². The predicted molar refractivity (Wildman–Crippen MR) is 253 cm³/mol. The van der Waals surface area contributed by atoms with Crippen LogP contribution in [0.2, 0.25) is 19.6 Å². The molecule has 0 aliphatic rings. The second-order valence-corrected chi connectivity index (χ2v) is 21.0. The Morgan fingerprint density at radius 2 is 0.552 bits per heavy atom. The number of hydrogen-bond donors (Lipinski definition) is 0. The van der Waals surface area contributed by atoms with Gasteiger partial charge in [-0.1, -0.05) is 170 Å². The highest BCUT2D eigenvalue weighted by Crippen LogP contribution is 2.38. The van der Waals surface area contributed by atoms with Crippen molar-refractivity contribution in [1.29, 1.82) is 0 Å². The molecule has 0 aromatic heterocycles. The number of benzene rings is 9. The van der Waals surface area contributed by atoms with E-state index in [-0.39, 0.29) is 0 Å². The summed E-state index contributed by atoms with van der Waals surface area (Å²) in [4.78, 5) is 4.66. The molecule has 2 nitrogen and oxygen atoms in total. The number of anilines is 6. The zero-order chi connectivity index (χ0) is 39.5. The van der Waals surface area contributed by atoms with Gasteiger partial charge in [0, 0.05) is 34.1 Å². The summed E-state index contributed by atoms with van der Waals surface area (Å²) in [5.74, 6) is 0. The average molecular weight is 763 g/mol. The zero-order valence-electron chi connectivity index (χ0n) is 33.3. The maximum absolute atomic E-state index is 2.40. The van der Waals surface area contributed by atoms with Crippen molar-refractivity contribution in [2.45, 2.75) is 19.6 Å². The van der Waals surface area contributed by atoms with Gasteiger partial charge in [0.1, 0.15) is 0 Å². The maximum Gasteiger partial charge on any atom is 0.0775 e. The van der Waals surface area contributed by atoms with Crippen LogP contribution in [0.15, 0.2) is 224 Å². The van der Waals surface area contributed by atoms with Crippen molar-refractivity contribution >= 4 is 58.2 Å². The molecule has 280 valence electrons. The fraction of sp³-hybridized carbons (Fsp3) is 0.0545. The van der Waals surface area contributed by atoms with Crippen LogP contribution in [0, 0.1) is 0 Å². The highest BCUT2D eigenvalue weighted by Gasteiger charge is 2.18. The van der Waals surface area contributed by atoms with E-state index in [1.54, 1.807) is 0 Å². The summed E-state index contributed by atoms with van der Waals surface area (Å²) in [5.41, 5.74) is 14.0. The van der Waals surface area contributed by atoms with Crippen LogP contribution in [0.5, 0.6) is 0 Å². The molecule has 0 spiro atoms. The number of nitrogens with zero attached hydrogens (tertiary/aromatic N) is 2. The molecule has 0 amide bonds. The van der Waals surface area contributed by atoms with Crippen LogP contribution in [-0.2, 0) is 0 Å². The Labute approximate surface area is 344 Å². The minimum absolute atomic E-state index is 1.11. The van der Waals surface area contributed by atoms with Crippen molar-refractivity contribution < 1.29 is 0 Å². The summed E-state index contributed by atoms with van der Waals surface area (Å²) in [7, 11) is -1.39. The van der Waals surface area contributed by atoms with Crippen molar-refractivity contribution in [3.8, 4) is 33.4 Å². The molecule has 0 radical (unpaired) electrons. The van der Waals surface area contributed by atoms with Gasteiger partial charge in [0.05, 0.1) is 8.07 Å². The first-order chi connectivity index (χ1) is 28.4. The third-order valence-electron chi connectivity index (χ3n) is 11.0. The topological polar surface area (TPSA) is 6.48 Å². The monoisotopic (exact) mass is 762 g/mol. The summed E-state index contributed by atoms with van der Waals surface area (Å²) in [6.45, 7) is 7.19. The Balaban J connectivity index is 0.945. The molecule has 58 heavy (non-hydrogen) atoms. The SMILES string of the molecule is C[Si](C)(C)c1ccc(N(c2ccccc2)c2ccc(-c3ccc(-c4ccc(N(c5ccccc5)c5ccc(-c6ccc7ccccc7c6)cc5)cc4)cc3)cc2)cc1. The molecule has 9 aromatic rings. The van der Waals surface area contributed by atoms with Crippen LogP contribution in [0.25, 0.3) is 44.2 Å². The fourth-order valence-electron chi connectivity index (χ4n) is 7.79. The van der Waals surface area contributed by atoms with Crippen molar-refractivity contribution in [3.63, 3.8) is 0 Å². The fourth-order valence-corrected chi connectivity index (χ4v) is 8.96. The molecule has 0 heterocycles. The first kappa shape index (κ1) is 36.7. The molecule has 0 saturated carbocycles. The summed E-state index contributed by atoms with van der Waals surface area (Å²) >= 11 is 0. The van der Waals surface area contributed by atoms with Gasteiger partial charge >= 0.3 is 0 Å². The molecule has 3 heteroatoms.